The van der Waals surface area contributed by atoms with Crippen LogP contribution in [0.1, 0.15) is 24.0 Å². The number of nitrogen functional groups attached to an aromatic ring is 1. The van der Waals surface area contributed by atoms with Crippen molar-refractivity contribution in [1.82, 2.24) is 5.32 Å². The molecule has 1 aliphatic heterocycles. The van der Waals surface area contributed by atoms with Crippen LogP contribution in [0.15, 0.2) is 24.4 Å². The molecular weight excluding hydrogens is 253 g/mol. The van der Waals surface area contributed by atoms with Crippen molar-refractivity contribution in [3.63, 3.8) is 0 Å². The van der Waals surface area contributed by atoms with Crippen LogP contribution in [0.2, 0.25) is 0 Å². The van der Waals surface area contributed by atoms with Crippen LogP contribution in [0.25, 0.3) is 0 Å². The fourth-order valence-electron chi connectivity index (χ4n) is 3.06. The third-order valence-electron chi connectivity index (χ3n) is 4.30. The summed E-state index contributed by atoms with van der Waals surface area (Å²) in [5.41, 5.74) is 4.81. The standard InChI is InChI=1S/C14H15F3N2/c1-8-13(17,7-15)2-3-14(19-8)6-10-11(14)4-9(18)5-12(10)16/h4-5,19H,1-3,6-7,18H2/t13-,14+/m0/s1. The molecule has 1 heterocycles. The summed E-state index contributed by atoms with van der Waals surface area (Å²) >= 11 is 0. The van der Waals surface area contributed by atoms with E-state index in [2.05, 4.69) is 11.9 Å². The van der Waals surface area contributed by atoms with Gasteiger partial charge in [-0.3, -0.25) is 0 Å². The number of nitrogens with two attached hydrogens (primary N) is 1. The number of halogens is 3. The molecule has 19 heavy (non-hydrogen) atoms. The molecule has 1 aromatic carbocycles. The molecule has 5 heteroatoms. The van der Waals surface area contributed by atoms with Crippen molar-refractivity contribution < 1.29 is 13.2 Å². The lowest BCUT2D eigenvalue weighted by Gasteiger charge is -2.51. The summed E-state index contributed by atoms with van der Waals surface area (Å²) in [4.78, 5) is 0. The minimum absolute atomic E-state index is 0.0368. The minimum atomic E-state index is -2.01. The van der Waals surface area contributed by atoms with Crippen LogP contribution in [0.3, 0.4) is 0 Å². The number of nitrogens with one attached hydrogen (secondary N) is 1. The highest BCUT2D eigenvalue weighted by atomic mass is 19.2. The Kier molecular flexibility index (Phi) is 2.40. The molecule has 0 radical (unpaired) electrons. The number of hydrogen-bond acceptors (Lipinski definition) is 2. The highest BCUT2D eigenvalue weighted by Crippen LogP contribution is 2.50. The zero-order chi connectivity index (χ0) is 13.8. The Morgan fingerprint density at radius 1 is 1.37 bits per heavy atom. The predicted molar refractivity (Wildman–Crippen MR) is 67.5 cm³/mol. The molecule has 1 fully saturated rings. The van der Waals surface area contributed by atoms with Crippen molar-refractivity contribution >= 4 is 5.69 Å². The molecule has 102 valence electrons. The second-order valence-corrected chi connectivity index (χ2v) is 5.49. The lowest BCUT2D eigenvalue weighted by molar-refractivity contribution is 0.0749. The van der Waals surface area contributed by atoms with Crippen LogP contribution in [0, 0.1) is 5.82 Å². The van der Waals surface area contributed by atoms with Gasteiger partial charge in [-0.1, -0.05) is 6.58 Å². The first-order valence-electron chi connectivity index (χ1n) is 6.21. The first kappa shape index (κ1) is 12.4. The second-order valence-electron chi connectivity index (χ2n) is 5.49. The Morgan fingerprint density at radius 2 is 2.11 bits per heavy atom. The fraction of sp³-hybridized carbons (Fsp3) is 0.429. The second kappa shape index (κ2) is 3.68. The highest BCUT2D eigenvalue weighted by molar-refractivity contribution is 5.55. The summed E-state index contributed by atoms with van der Waals surface area (Å²) in [5.74, 6) is -0.337. The van der Waals surface area contributed by atoms with Gasteiger partial charge in [-0.2, -0.15) is 0 Å². The van der Waals surface area contributed by atoms with E-state index in [-0.39, 0.29) is 17.9 Å². The van der Waals surface area contributed by atoms with Crippen LogP contribution < -0.4 is 11.1 Å². The van der Waals surface area contributed by atoms with Crippen LogP contribution in [-0.2, 0) is 12.0 Å². The highest BCUT2D eigenvalue weighted by Gasteiger charge is 2.52. The van der Waals surface area contributed by atoms with E-state index < -0.39 is 17.9 Å². The molecule has 2 aliphatic rings. The molecule has 0 aromatic heterocycles. The Bertz CT molecular complexity index is 572. The first-order chi connectivity index (χ1) is 8.90. The van der Waals surface area contributed by atoms with Gasteiger partial charge in [0.1, 0.15) is 12.5 Å². The maximum Gasteiger partial charge on any atom is 0.177 e. The Balaban J connectivity index is 1.95. The quantitative estimate of drug-likeness (QED) is 0.769. The molecule has 0 amide bonds. The van der Waals surface area contributed by atoms with E-state index in [0.29, 0.717) is 24.1 Å². The van der Waals surface area contributed by atoms with Gasteiger partial charge >= 0.3 is 0 Å². The van der Waals surface area contributed by atoms with Crippen LogP contribution >= 0.6 is 0 Å². The summed E-state index contributed by atoms with van der Waals surface area (Å²) in [6, 6.07) is 2.98. The van der Waals surface area contributed by atoms with Crippen molar-refractivity contribution in [2.45, 2.75) is 30.5 Å². The number of anilines is 1. The van der Waals surface area contributed by atoms with Crippen molar-refractivity contribution in [2.24, 2.45) is 0 Å². The Labute approximate surface area is 109 Å². The lowest BCUT2D eigenvalue weighted by atomic mass is 9.64. The third-order valence-corrected chi connectivity index (χ3v) is 4.30. The number of rotatable bonds is 1. The lowest BCUT2D eigenvalue weighted by Crippen LogP contribution is -2.58. The molecule has 3 rings (SSSR count). The van der Waals surface area contributed by atoms with Gasteiger partial charge in [0, 0.05) is 17.8 Å². The summed E-state index contributed by atoms with van der Waals surface area (Å²) < 4.78 is 40.5. The largest absolute Gasteiger partial charge is 0.399 e. The van der Waals surface area contributed by atoms with Gasteiger partial charge in [-0.05, 0) is 36.1 Å². The van der Waals surface area contributed by atoms with E-state index in [9.17, 15) is 13.2 Å². The van der Waals surface area contributed by atoms with Crippen LogP contribution in [-0.4, -0.2) is 12.3 Å². The van der Waals surface area contributed by atoms with Gasteiger partial charge in [-0.25, -0.2) is 13.2 Å². The molecule has 1 aliphatic carbocycles. The van der Waals surface area contributed by atoms with Crippen molar-refractivity contribution in [1.29, 1.82) is 0 Å². The summed E-state index contributed by atoms with van der Waals surface area (Å²) in [6.45, 7) is 2.49. The number of allylic oxidation sites excluding steroid dienone is 1. The van der Waals surface area contributed by atoms with Gasteiger partial charge in [-0.15, -0.1) is 0 Å². The maximum absolute atomic E-state index is 14.1. The molecule has 2 nitrogen and oxygen atoms in total. The van der Waals surface area contributed by atoms with Gasteiger partial charge in [0.25, 0.3) is 0 Å². The summed E-state index contributed by atoms with van der Waals surface area (Å²) in [6.07, 6.45) is 0.906. The summed E-state index contributed by atoms with van der Waals surface area (Å²) in [5, 5.41) is 2.95. The smallest absolute Gasteiger partial charge is 0.177 e. The van der Waals surface area contributed by atoms with Gasteiger partial charge in [0.15, 0.2) is 5.67 Å². The number of hydrogen-bond donors (Lipinski definition) is 2. The Hall–Kier alpha value is -1.65. The average Bonchev–Trinajstić information content (AvgIpc) is 2.36. The molecule has 3 N–H and O–H groups in total. The van der Waals surface area contributed by atoms with Crippen molar-refractivity contribution in [3.8, 4) is 0 Å². The van der Waals surface area contributed by atoms with E-state index in [1.807, 2.05) is 0 Å². The number of alkyl halides is 2. The number of benzene rings is 1. The zero-order valence-electron chi connectivity index (χ0n) is 10.4. The van der Waals surface area contributed by atoms with Gasteiger partial charge < -0.3 is 11.1 Å². The molecule has 1 aromatic rings. The molecule has 1 saturated heterocycles. The van der Waals surface area contributed by atoms with Gasteiger partial charge in [0.2, 0.25) is 0 Å². The van der Waals surface area contributed by atoms with E-state index in [0.717, 1.165) is 5.56 Å². The Morgan fingerprint density at radius 3 is 2.74 bits per heavy atom. The third kappa shape index (κ3) is 1.57. The number of fused-ring (bicyclic) bond motifs is 2. The number of piperidine rings is 1. The van der Waals surface area contributed by atoms with Crippen molar-refractivity contribution in [3.05, 3.63) is 41.4 Å². The topological polar surface area (TPSA) is 38.0 Å². The van der Waals surface area contributed by atoms with E-state index in [1.165, 1.54) is 6.07 Å². The van der Waals surface area contributed by atoms with E-state index in [4.69, 9.17) is 5.73 Å². The van der Waals surface area contributed by atoms with Gasteiger partial charge in [0.05, 0.1) is 5.54 Å². The fourth-order valence-corrected chi connectivity index (χ4v) is 3.06. The summed E-state index contributed by atoms with van der Waals surface area (Å²) in [7, 11) is 0. The molecular formula is C14H15F3N2. The van der Waals surface area contributed by atoms with E-state index in [1.54, 1.807) is 6.07 Å². The van der Waals surface area contributed by atoms with Crippen molar-refractivity contribution in [2.75, 3.05) is 12.4 Å². The normalized spacial score (nSPS) is 32.7. The average molecular weight is 268 g/mol. The minimum Gasteiger partial charge on any atom is -0.399 e. The molecule has 1 spiro atoms. The first-order valence-corrected chi connectivity index (χ1v) is 6.21. The predicted octanol–water partition coefficient (Wildman–Crippen LogP) is 2.73. The maximum atomic E-state index is 14.1. The molecule has 2 atom stereocenters. The van der Waals surface area contributed by atoms with E-state index >= 15 is 0 Å². The zero-order valence-corrected chi connectivity index (χ0v) is 10.4. The monoisotopic (exact) mass is 268 g/mol. The molecule has 0 saturated carbocycles. The molecule has 0 unspecified atom stereocenters. The SMILES string of the molecule is C=C1N[C@]2(CC[C@]1(F)CF)Cc1c(F)cc(N)cc12. The van der Waals surface area contributed by atoms with Crippen LogP contribution in [0.5, 0.6) is 0 Å². The van der Waals surface area contributed by atoms with Crippen LogP contribution in [0.4, 0.5) is 18.9 Å². The molecule has 0 bridgehead atoms.